The van der Waals surface area contributed by atoms with Gasteiger partial charge in [0.15, 0.2) is 0 Å². The zero-order chi connectivity index (χ0) is 12.6. The maximum absolute atomic E-state index is 11.0. The van der Waals surface area contributed by atoms with E-state index in [1.165, 1.54) is 0 Å². The van der Waals surface area contributed by atoms with Crippen molar-refractivity contribution in [2.45, 2.75) is 26.7 Å². The van der Waals surface area contributed by atoms with Crippen LogP contribution in [0.3, 0.4) is 0 Å². The molecule has 0 amide bonds. The molecule has 0 atom stereocenters. The molecule has 0 rings (SSSR count). The molecule has 0 spiro atoms. The second-order valence-electron chi connectivity index (χ2n) is 3.68. The highest BCUT2D eigenvalue weighted by atomic mass is 16.5. The Labute approximate surface area is 97.4 Å². The highest BCUT2D eigenvalue weighted by molar-refractivity contribution is 5.86. The van der Waals surface area contributed by atoms with Crippen molar-refractivity contribution in [3.05, 3.63) is 36.6 Å². The molecule has 0 aromatic rings. The molecule has 0 unspecified atom stereocenters. The number of hydrogen-bond acceptors (Lipinski definition) is 3. The van der Waals surface area contributed by atoms with Gasteiger partial charge in [0, 0.05) is 5.57 Å². The summed E-state index contributed by atoms with van der Waals surface area (Å²) >= 11 is 0. The van der Waals surface area contributed by atoms with Crippen molar-refractivity contribution in [2.75, 3.05) is 13.2 Å². The summed E-state index contributed by atoms with van der Waals surface area (Å²) in [5.74, 6) is 0.270. The predicted octanol–water partition coefficient (Wildman–Crippen LogP) is 2.99. The molecule has 0 heterocycles. The van der Waals surface area contributed by atoms with E-state index >= 15 is 0 Å². The molecule has 0 radical (unpaired) electrons. The molecule has 0 N–H and O–H groups in total. The van der Waals surface area contributed by atoms with Crippen molar-refractivity contribution in [1.82, 2.24) is 0 Å². The topological polar surface area (TPSA) is 35.5 Å². The predicted molar refractivity (Wildman–Crippen MR) is 64.9 cm³/mol. The largest absolute Gasteiger partial charge is 0.494 e. The van der Waals surface area contributed by atoms with E-state index in [4.69, 9.17) is 9.47 Å². The number of unbranched alkanes of at least 4 members (excludes halogenated alkanes) is 1. The second-order valence-corrected chi connectivity index (χ2v) is 3.68. The minimum atomic E-state index is -0.340. The van der Waals surface area contributed by atoms with E-state index < -0.39 is 0 Å². The molecule has 0 saturated heterocycles. The lowest BCUT2D eigenvalue weighted by Crippen LogP contribution is -2.07. The fourth-order valence-electron chi connectivity index (χ4n) is 0.811. The zero-order valence-electron chi connectivity index (χ0n) is 10.2. The van der Waals surface area contributed by atoms with Crippen molar-refractivity contribution < 1.29 is 14.3 Å². The molecule has 0 aromatic heterocycles. The molecule has 3 nitrogen and oxygen atoms in total. The van der Waals surface area contributed by atoms with E-state index in [-0.39, 0.29) is 5.97 Å². The van der Waals surface area contributed by atoms with Gasteiger partial charge in [-0.2, -0.15) is 0 Å². The van der Waals surface area contributed by atoms with Crippen LogP contribution in [-0.2, 0) is 14.3 Å². The standard InChI is InChI=1S/C13H20O3/c1-10(2)12(5)15-8-6-7-9-16-13(14)11(3)4/h1,3,5-9H2,2,4H3. The zero-order valence-corrected chi connectivity index (χ0v) is 10.2. The Morgan fingerprint density at radius 2 is 1.44 bits per heavy atom. The number of allylic oxidation sites excluding steroid dienone is 1. The van der Waals surface area contributed by atoms with Crippen LogP contribution < -0.4 is 0 Å². The first-order chi connectivity index (χ1) is 7.45. The number of carbonyl (C=O) groups excluding carboxylic acids is 1. The van der Waals surface area contributed by atoms with Gasteiger partial charge in [0.25, 0.3) is 0 Å². The number of ether oxygens (including phenoxy) is 2. The van der Waals surface area contributed by atoms with Crippen molar-refractivity contribution in [3.63, 3.8) is 0 Å². The Hall–Kier alpha value is -1.51. The molecule has 0 aliphatic heterocycles. The van der Waals surface area contributed by atoms with Gasteiger partial charge in [0.2, 0.25) is 0 Å². The number of rotatable bonds is 8. The maximum Gasteiger partial charge on any atom is 0.333 e. The number of hydrogen-bond donors (Lipinski definition) is 0. The van der Waals surface area contributed by atoms with Crippen LogP contribution in [0.25, 0.3) is 0 Å². The SMILES string of the molecule is C=C(C)C(=C)OCCCCOC(=O)C(=C)C. The lowest BCUT2D eigenvalue weighted by Gasteiger charge is -2.08. The molecule has 0 saturated carbocycles. The van der Waals surface area contributed by atoms with Crippen LogP contribution in [0.4, 0.5) is 0 Å². The highest BCUT2D eigenvalue weighted by Crippen LogP contribution is 2.06. The third-order valence-electron chi connectivity index (χ3n) is 1.87. The molecular weight excluding hydrogens is 204 g/mol. The van der Waals surface area contributed by atoms with E-state index in [1.54, 1.807) is 6.92 Å². The van der Waals surface area contributed by atoms with Crippen LogP contribution in [0.1, 0.15) is 26.7 Å². The van der Waals surface area contributed by atoms with E-state index in [0.717, 1.165) is 18.4 Å². The van der Waals surface area contributed by atoms with Crippen LogP contribution in [0.15, 0.2) is 36.6 Å². The fourth-order valence-corrected chi connectivity index (χ4v) is 0.811. The van der Waals surface area contributed by atoms with Crippen molar-refractivity contribution in [1.29, 1.82) is 0 Å². The molecule has 16 heavy (non-hydrogen) atoms. The van der Waals surface area contributed by atoms with Gasteiger partial charge in [-0.1, -0.05) is 19.7 Å². The van der Waals surface area contributed by atoms with Gasteiger partial charge in [-0.05, 0) is 32.3 Å². The van der Waals surface area contributed by atoms with E-state index in [9.17, 15) is 4.79 Å². The molecule has 0 aliphatic carbocycles. The lowest BCUT2D eigenvalue weighted by molar-refractivity contribution is -0.139. The van der Waals surface area contributed by atoms with Gasteiger partial charge in [-0.15, -0.1) is 0 Å². The first-order valence-corrected chi connectivity index (χ1v) is 5.25. The quantitative estimate of drug-likeness (QED) is 0.209. The molecule has 0 aliphatic rings. The van der Waals surface area contributed by atoms with Crippen LogP contribution in [0, 0.1) is 0 Å². The number of esters is 1. The van der Waals surface area contributed by atoms with Gasteiger partial charge in [-0.3, -0.25) is 0 Å². The van der Waals surface area contributed by atoms with E-state index in [2.05, 4.69) is 19.7 Å². The number of carbonyl (C=O) groups is 1. The summed E-state index contributed by atoms with van der Waals surface area (Å²) < 4.78 is 10.2. The smallest absolute Gasteiger partial charge is 0.333 e. The third kappa shape index (κ3) is 6.87. The first kappa shape index (κ1) is 14.5. The Morgan fingerprint density at radius 3 is 1.88 bits per heavy atom. The fraction of sp³-hybridized carbons (Fsp3) is 0.462. The Bertz CT molecular complexity index is 260. The van der Waals surface area contributed by atoms with Crippen LogP contribution >= 0.6 is 0 Å². The van der Waals surface area contributed by atoms with Crippen LogP contribution in [0.2, 0.25) is 0 Å². The third-order valence-corrected chi connectivity index (χ3v) is 1.87. The van der Waals surface area contributed by atoms with Crippen molar-refractivity contribution in [3.8, 4) is 0 Å². The van der Waals surface area contributed by atoms with E-state index in [0.29, 0.717) is 24.5 Å². The second kappa shape index (κ2) is 7.74. The van der Waals surface area contributed by atoms with Gasteiger partial charge in [0.05, 0.1) is 13.2 Å². The van der Waals surface area contributed by atoms with Crippen molar-refractivity contribution >= 4 is 5.97 Å². The molecule has 0 fully saturated rings. The molecule has 0 aromatic carbocycles. The summed E-state index contributed by atoms with van der Waals surface area (Å²) in [6, 6.07) is 0. The minimum Gasteiger partial charge on any atom is -0.494 e. The summed E-state index contributed by atoms with van der Waals surface area (Å²) in [5, 5.41) is 0. The lowest BCUT2D eigenvalue weighted by atomic mass is 10.3. The van der Waals surface area contributed by atoms with Gasteiger partial charge in [0.1, 0.15) is 5.76 Å². The Morgan fingerprint density at radius 1 is 0.938 bits per heavy atom. The Balaban J connectivity index is 3.41. The van der Waals surface area contributed by atoms with Gasteiger partial charge in [-0.25, -0.2) is 4.79 Å². The summed E-state index contributed by atoms with van der Waals surface area (Å²) in [7, 11) is 0. The molecule has 3 heteroatoms. The summed E-state index contributed by atoms with van der Waals surface area (Å²) in [6.07, 6.45) is 1.58. The summed E-state index contributed by atoms with van der Waals surface area (Å²) in [6.45, 7) is 15.3. The Kier molecular flexibility index (Phi) is 7.01. The van der Waals surface area contributed by atoms with Gasteiger partial charge >= 0.3 is 5.97 Å². The van der Waals surface area contributed by atoms with Crippen molar-refractivity contribution in [2.24, 2.45) is 0 Å². The molecule has 0 bridgehead atoms. The van der Waals surface area contributed by atoms with Crippen LogP contribution in [-0.4, -0.2) is 19.2 Å². The normalized spacial score (nSPS) is 9.38. The summed E-state index contributed by atoms with van der Waals surface area (Å²) in [5.41, 5.74) is 1.25. The van der Waals surface area contributed by atoms with E-state index in [1.807, 2.05) is 6.92 Å². The summed E-state index contributed by atoms with van der Waals surface area (Å²) in [4.78, 5) is 11.0. The van der Waals surface area contributed by atoms with Gasteiger partial charge < -0.3 is 9.47 Å². The highest BCUT2D eigenvalue weighted by Gasteiger charge is 2.02. The molecular formula is C13H20O3. The minimum absolute atomic E-state index is 0.340. The maximum atomic E-state index is 11.0. The molecule has 90 valence electrons. The average Bonchev–Trinajstić information content (AvgIpc) is 2.21. The van der Waals surface area contributed by atoms with Crippen LogP contribution in [0.5, 0.6) is 0 Å². The first-order valence-electron chi connectivity index (χ1n) is 5.25. The monoisotopic (exact) mass is 224 g/mol. The average molecular weight is 224 g/mol.